The number of nitrogens with zero attached hydrogens (tertiary/aromatic N) is 1. The molecule has 0 saturated carbocycles. The fraction of sp³-hybridized carbons (Fsp3) is 0.474. The van der Waals surface area contributed by atoms with Gasteiger partial charge in [0, 0.05) is 24.0 Å². The van der Waals surface area contributed by atoms with E-state index in [1.54, 1.807) is 12.3 Å². The monoisotopic (exact) mass is 329 g/mol. The van der Waals surface area contributed by atoms with Gasteiger partial charge >= 0.3 is 0 Å². The standard InChI is InChI=1S/C19H27N3O2/c1-12(2)9-10-22-11-13(18(24)21-19(3,4)5)17(23)16-14(20)7-6-8-15(16)22/h6-8,11-12H,9-10,20H2,1-5H3,(H,21,24). The SMILES string of the molecule is CC(C)CCn1cc(C(=O)NC(C)(C)C)c(=O)c2c(N)cccc21. The molecule has 0 saturated heterocycles. The Hall–Kier alpha value is -2.30. The minimum atomic E-state index is -0.413. The van der Waals surface area contributed by atoms with Crippen molar-refractivity contribution in [2.75, 3.05) is 5.73 Å². The van der Waals surface area contributed by atoms with Crippen LogP contribution in [0.1, 0.15) is 51.4 Å². The van der Waals surface area contributed by atoms with E-state index in [1.165, 1.54) is 0 Å². The Labute approximate surface area is 142 Å². The summed E-state index contributed by atoms with van der Waals surface area (Å²) in [5.41, 5.74) is 6.62. The fourth-order valence-corrected chi connectivity index (χ4v) is 2.61. The summed E-state index contributed by atoms with van der Waals surface area (Å²) in [6.07, 6.45) is 2.61. The number of hydrogen-bond donors (Lipinski definition) is 2. The molecule has 130 valence electrons. The number of hydrogen-bond acceptors (Lipinski definition) is 3. The summed E-state index contributed by atoms with van der Waals surface area (Å²) >= 11 is 0. The van der Waals surface area contributed by atoms with Crippen LogP contribution < -0.4 is 16.5 Å². The van der Waals surface area contributed by atoms with E-state index in [0.29, 0.717) is 17.0 Å². The molecule has 1 heterocycles. The van der Waals surface area contributed by atoms with Crippen LogP contribution in [0, 0.1) is 5.92 Å². The van der Waals surface area contributed by atoms with E-state index in [1.807, 2.05) is 37.5 Å². The Morgan fingerprint density at radius 3 is 2.54 bits per heavy atom. The van der Waals surface area contributed by atoms with Gasteiger partial charge in [-0.15, -0.1) is 0 Å². The third kappa shape index (κ3) is 3.96. The van der Waals surface area contributed by atoms with E-state index in [2.05, 4.69) is 19.2 Å². The average molecular weight is 329 g/mol. The Morgan fingerprint density at radius 1 is 1.29 bits per heavy atom. The Morgan fingerprint density at radius 2 is 1.96 bits per heavy atom. The van der Waals surface area contributed by atoms with E-state index in [-0.39, 0.29) is 16.9 Å². The van der Waals surface area contributed by atoms with E-state index in [4.69, 9.17) is 5.73 Å². The molecule has 0 spiro atoms. The molecule has 0 bridgehead atoms. The van der Waals surface area contributed by atoms with Gasteiger partial charge in [-0.05, 0) is 45.2 Å². The molecule has 5 nitrogen and oxygen atoms in total. The van der Waals surface area contributed by atoms with Gasteiger partial charge in [-0.25, -0.2) is 0 Å². The topological polar surface area (TPSA) is 77.1 Å². The number of fused-ring (bicyclic) bond motifs is 1. The molecule has 1 amide bonds. The second-order valence-electron chi connectivity index (χ2n) is 7.69. The molecule has 0 atom stereocenters. The number of benzene rings is 1. The maximum absolute atomic E-state index is 12.8. The van der Waals surface area contributed by atoms with E-state index < -0.39 is 5.54 Å². The lowest BCUT2D eigenvalue weighted by molar-refractivity contribution is 0.0918. The largest absolute Gasteiger partial charge is 0.398 e. The lowest BCUT2D eigenvalue weighted by Crippen LogP contribution is -2.42. The van der Waals surface area contributed by atoms with Gasteiger partial charge in [0.15, 0.2) is 0 Å². The molecule has 1 aromatic carbocycles. The number of carbonyl (C=O) groups excluding carboxylic acids is 1. The first-order valence-corrected chi connectivity index (χ1v) is 8.34. The summed E-state index contributed by atoms with van der Waals surface area (Å²) in [5, 5.41) is 3.28. The summed E-state index contributed by atoms with van der Waals surface area (Å²) in [6, 6.07) is 5.40. The number of carbonyl (C=O) groups is 1. The molecule has 0 fully saturated rings. The number of nitrogens with two attached hydrogens (primary N) is 1. The Kier molecular flexibility index (Phi) is 5.02. The van der Waals surface area contributed by atoms with Crippen LogP contribution in [0.4, 0.5) is 5.69 Å². The summed E-state index contributed by atoms with van der Waals surface area (Å²) in [4.78, 5) is 25.4. The predicted octanol–water partition coefficient (Wildman–Crippen LogP) is 3.16. The number of amides is 1. The molecule has 5 heteroatoms. The molecule has 2 rings (SSSR count). The van der Waals surface area contributed by atoms with E-state index in [9.17, 15) is 9.59 Å². The second-order valence-corrected chi connectivity index (χ2v) is 7.69. The third-order valence-electron chi connectivity index (χ3n) is 3.82. The van der Waals surface area contributed by atoms with Crippen molar-refractivity contribution in [3.8, 4) is 0 Å². The molecule has 24 heavy (non-hydrogen) atoms. The molecule has 0 unspecified atom stereocenters. The normalized spacial score (nSPS) is 11.9. The van der Waals surface area contributed by atoms with Gasteiger partial charge in [0.1, 0.15) is 5.56 Å². The smallest absolute Gasteiger partial charge is 0.257 e. The first-order valence-electron chi connectivity index (χ1n) is 8.34. The lowest BCUT2D eigenvalue weighted by Gasteiger charge is -2.21. The third-order valence-corrected chi connectivity index (χ3v) is 3.82. The lowest BCUT2D eigenvalue weighted by atomic mass is 10.1. The number of pyridine rings is 1. The van der Waals surface area contributed by atoms with Crippen molar-refractivity contribution in [1.29, 1.82) is 0 Å². The van der Waals surface area contributed by atoms with Crippen molar-refractivity contribution >= 4 is 22.5 Å². The van der Waals surface area contributed by atoms with Crippen LogP contribution in [-0.2, 0) is 6.54 Å². The van der Waals surface area contributed by atoms with Crippen LogP contribution in [0.15, 0.2) is 29.2 Å². The highest BCUT2D eigenvalue weighted by Crippen LogP contribution is 2.20. The van der Waals surface area contributed by atoms with E-state index >= 15 is 0 Å². The zero-order valence-corrected chi connectivity index (χ0v) is 15.1. The number of rotatable bonds is 4. The van der Waals surface area contributed by atoms with Crippen molar-refractivity contribution < 1.29 is 4.79 Å². The van der Waals surface area contributed by atoms with Gasteiger partial charge in [0.2, 0.25) is 5.43 Å². The number of aryl methyl sites for hydroxylation is 1. The second kappa shape index (κ2) is 6.67. The molecule has 0 aliphatic heterocycles. The van der Waals surface area contributed by atoms with Crippen molar-refractivity contribution in [3.63, 3.8) is 0 Å². The summed E-state index contributed by atoms with van der Waals surface area (Å²) < 4.78 is 1.96. The van der Waals surface area contributed by atoms with Crippen LogP contribution in [-0.4, -0.2) is 16.0 Å². The van der Waals surface area contributed by atoms with Gasteiger partial charge in [-0.1, -0.05) is 19.9 Å². The number of aromatic nitrogens is 1. The van der Waals surface area contributed by atoms with Crippen molar-refractivity contribution in [2.24, 2.45) is 5.92 Å². The minimum absolute atomic E-state index is 0.138. The molecule has 3 N–H and O–H groups in total. The fourth-order valence-electron chi connectivity index (χ4n) is 2.61. The average Bonchev–Trinajstić information content (AvgIpc) is 2.44. The highest BCUT2D eigenvalue weighted by atomic mass is 16.2. The maximum atomic E-state index is 12.8. The first-order chi connectivity index (χ1) is 11.1. The molecule has 0 aliphatic carbocycles. The van der Waals surface area contributed by atoms with E-state index in [0.717, 1.165) is 18.5 Å². The molecular weight excluding hydrogens is 302 g/mol. The summed E-state index contributed by atoms with van der Waals surface area (Å²) in [6.45, 7) is 10.7. The van der Waals surface area contributed by atoms with Crippen LogP contribution in [0.2, 0.25) is 0 Å². The summed E-state index contributed by atoms with van der Waals surface area (Å²) in [5.74, 6) is 0.156. The van der Waals surface area contributed by atoms with Gasteiger partial charge in [-0.3, -0.25) is 9.59 Å². The molecule has 1 aromatic heterocycles. The van der Waals surface area contributed by atoms with Gasteiger partial charge in [0.25, 0.3) is 5.91 Å². The predicted molar refractivity (Wildman–Crippen MR) is 99.3 cm³/mol. The summed E-state index contributed by atoms with van der Waals surface area (Å²) in [7, 11) is 0. The zero-order valence-electron chi connectivity index (χ0n) is 15.1. The van der Waals surface area contributed by atoms with Gasteiger partial charge in [0.05, 0.1) is 10.9 Å². The quantitative estimate of drug-likeness (QED) is 0.846. The van der Waals surface area contributed by atoms with Crippen molar-refractivity contribution in [1.82, 2.24) is 9.88 Å². The van der Waals surface area contributed by atoms with Crippen LogP contribution in [0.25, 0.3) is 10.9 Å². The highest BCUT2D eigenvalue weighted by molar-refractivity contribution is 6.00. The Balaban J connectivity index is 2.64. The Bertz CT molecular complexity index is 814. The molecular formula is C19H27N3O2. The van der Waals surface area contributed by atoms with Gasteiger partial charge in [-0.2, -0.15) is 0 Å². The highest BCUT2D eigenvalue weighted by Gasteiger charge is 2.21. The number of anilines is 1. The number of nitrogens with one attached hydrogen (secondary N) is 1. The van der Waals surface area contributed by atoms with Crippen molar-refractivity contribution in [3.05, 3.63) is 40.2 Å². The zero-order chi connectivity index (χ0) is 18.1. The minimum Gasteiger partial charge on any atom is -0.398 e. The number of nitrogen functional groups attached to an aromatic ring is 1. The molecule has 0 aliphatic rings. The van der Waals surface area contributed by atoms with Crippen molar-refractivity contribution in [2.45, 2.75) is 53.1 Å². The molecule has 2 aromatic rings. The van der Waals surface area contributed by atoms with Crippen LogP contribution in [0.3, 0.4) is 0 Å². The van der Waals surface area contributed by atoms with Crippen LogP contribution in [0.5, 0.6) is 0 Å². The van der Waals surface area contributed by atoms with Crippen LogP contribution >= 0.6 is 0 Å². The first kappa shape index (κ1) is 18.0. The molecule has 0 radical (unpaired) electrons. The van der Waals surface area contributed by atoms with Gasteiger partial charge < -0.3 is 15.6 Å². The maximum Gasteiger partial charge on any atom is 0.257 e.